The van der Waals surface area contributed by atoms with Crippen LogP contribution < -0.4 is 10.5 Å². The number of benzene rings is 1. The molecule has 0 aliphatic heterocycles. The molecule has 0 radical (unpaired) electrons. The molecule has 2 unspecified atom stereocenters. The second-order valence-electron chi connectivity index (χ2n) is 6.07. The Morgan fingerprint density at radius 2 is 1.84 bits per heavy atom. The zero-order chi connectivity index (χ0) is 14.0. The third kappa shape index (κ3) is 3.49. The third-order valence-corrected chi connectivity index (χ3v) is 3.85. The topological polar surface area (TPSA) is 59.1 Å². The van der Waals surface area contributed by atoms with E-state index in [9.17, 15) is 0 Å². The van der Waals surface area contributed by atoms with E-state index in [1.165, 1.54) is 6.42 Å². The third-order valence-electron chi connectivity index (χ3n) is 3.85. The van der Waals surface area contributed by atoms with Gasteiger partial charge in [-0.15, -0.1) is 0 Å². The van der Waals surface area contributed by atoms with Crippen LogP contribution in [0.25, 0.3) is 0 Å². The maximum Gasteiger partial charge on any atom is 0.130 e. The number of amidine groups is 1. The van der Waals surface area contributed by atoms with Gasteiger partial charge >= 0.3 is 0 Å². The average molecular weight is 260 g/mol. The van der Waals surface area contributed by atoms with E-state index in [0.717, 1.165) is 24.2 Å². The number of rotatable bonds is 3. The van der Waals surface area contributed by atoms with Crippen molar-refractivity contribution in [3.63, 3.8) is 0 Å². The van der Waals surface area contributed by atoms with E-state index >= 15 is 0 Å². The van der Waals surface area contributed by atoms with Crippen LogP contribution in [0.5, 0.6) is 5.75 Å². The molecule has 1 aromatic carbocycles. The normalized spacial score (nSPS) is 27.0. The minimum absolute atomic E-state index is 0.0793. The lowest BCUT2D eigenvalue weighted by Gasteiger charge is -2.32. The van der Waals surface area contributed by atoms with E-state index in [-0.39, 0.29) is 11.9 Å². The Hall–Kier alpha value is -1.51. The van der Waals surface area contributed by atoms with Crippen molar-refractivity contribution in [2.75, 3.05) is 0 Å². The summed E-state index contributed by atoms with van der Waals surface area (Å²) in [5.41, 5.74) is 7.46. The molecular formula is C16H24N2O. The molecule has 1 aliphatic rings. The van der Waals surface area contributed by atoms with Gasteiger partial charge in [-0.05, 0) is 50.2 Å². The number of hydrogen-bond donors (Lipinski definition) is 2. The highest BCUT2D eigenvalue weighted by Crippen LogP contribution is 2.32. The van der Waals surface area contributed by atoms with Gasteiger partial charge < -0.3 is 10.5 Å². The SMILES string of the molecule is Cc1ccc(OC2CC(C)CC(C)C2)c(C(=N)N)c1. The predicted octanol–water partition coefficient (Wildman–Crippen LogP) is 3.48. The summed E-state index contributed by atoms with van der Waals surface area (Å²) in [6.07, 6.45) is 3.72. The van der Waals surface area contributed by atoms with E-state index in [1.54, 1.807) is 0 Å². The van der Waals surface area contributed by atoms with Crippen LogP contribution in [0, 0.1) is 24.2 Å². The van der Waals surface area contributed by atoms with Gasteiger partial charge in [-0.2, -0.15) is 0 Å². The van der Waals surface area contributed by atoms with Crippen molar-refractivity contribution in [1.29, 1.82) is 5.41 Å². The summed E-state index contributed by atoms with van der Waals surface area (Å²) >= 11 is 0. The summed E-state index contributed by atoms with van der Waals surface area (Å²) in [7, 11) is 0. The molecule has 3 nitrogen and oxygen atoms in total. The zero-order valence-corrected chi connectivity index (χ0v) is 12.1. The van der Waals surface area contributed by atoms with Crippen molar-refractivity contribution in [3.05, 3.63) is 29.3 Å². The summed E-state index contributed by atoms with van der Waals surface area (Å²) < 4.78 is 6.12. The van der Waals surface area contributed by atoms with Crippen LogP contribution >= 0.6 is 0 Å². The molecule has 0 spiro atoms. The highest BCUT2D eigenvalue weighted by molar-refractivity contribution is 5.97. The van der Waals surface area contributed by atoms with Crippen molar-refractivity contribution < 1.29 is 4.74 Å². The van der Waals surface area contributed by atoms with Crippen molar-refractivity contribution in [2.24, 2.45) is 17.6 Å². The second-order valence-corrected chi connectivity index (χ2v) is 6.07. The lowest BCUT2D eigenvalue weighted by atomic mass is 9.82. The second kappa shape index (κ2) is 5.64. The molecule has 1 aliphatic carbocycles. The molecular weight excluding hydrogens is 236 g/mol. The molecule has 104 valence electrons. The lowest BCUT2D eigenvalue weighted by Crippen LogP contribution is -2.29. The highest BCUT2D eigenvalue weighted by atomic mass is 16.5. The first-order valence-corrected chi connectivity index (χ1v) is 7.07. The van der Waals surface area contributed by atoms with E-state index in [4.69, 9.17) is 15.9 Å². The fraction of sp³-hybridized carbons (Fsp3) is 0.562. The number of aryl methyl sites for hydroxylation is 1. The Bertz CT molecular complexity index is 460. The molecule has 19 heavy (non-hydrogen) atoms. The van der Waals surface area contributed by atoms with Crippen molar-refractivity contribution in [2.45, 2.75) is 46.1 Å². The Morgan fingerprint density at radius 1 is 1.21 bits per heavy atom. The largest absolute Gasteiger partial charge is 0.490 e. The molecule has 0 heterocycles. The highest BCUT2D eigenvalue weighted by Gasteiger charge is 2.26. The van der Waals surface area contributed by atoms with Gasteiger partial charge in [0.15, 0.2) is 0 Å². The van der Waals surface area contributed by atoms with Gasteiger partial charge in [-0.3, -0.25) is 5.41 Å². The van der Waals surface area contributed by atoms with Gasteiger partial charge in [0.1, 0.15) is 11.6 Å². The minimum atomic E-state index is 0.0793. The molecule has 2 atom stereocenters. The van der Waals surface area contributed by atoms with Crippen molar-refractivity contribution in [3.8, 4) is 5.75 Å². The smallest absolute Gasteiger partial charge is 0.130 e. The number of nitrogen functional groups attached to an aromatic ring is 1. The number of nitrogens with one attached hydrogen (secondary N) is 1. The molecule has 0 aromatic heterocycles. The summed E-state index contributed by atoms with van der Waals surface area (Å²) in [4.78, 5) is 0. The van der Waals surface area contributed by atoms with Gasteiger partial charge in [-0.1, -0.05) is 25.5 Å². The molecule has 3 N–H and O–H groups in total. The lowest BCUT2D eigenvalue weighted by molar-refractivity contribution is 0.101. The van der Waals surface area contributed by atoms with Crippen molar-refractivity contribution >= 4 is 5.84 Å². The van der Waals surface area contributed by atoms with Crippen LogP contribution in [-0.4, -0.2) is 11.9 Å². The standard InChI is InChI=1S/C16H24N2O/c1-10-4-5-15(14(9-10)16(17)18)19-13-7-11(2)6-12(3)8-13/h4-5,9,11-13H,6-8H2,1-3H3,(H3,17,18). The number of ether oxygens (including phenoxy) is 1. The fourth-order valence-corrected chi connectivity index (χ4v) is 3.11. The minimum Gasteiger partial charge on any atom is -0.490 e. The Kier molecular flexibility index (Phi) is 4.13. The van der Waals surface area contributed by atoms with E-state index < -0.39 is 0 Å². The van der Waals surface area contributed by atoms with Gasteiger partial charge in [0, 0.05) is 0 Å². The van der Waals surface area contributed by atoms with Crippen LogP contribution in [-0.2, 0) is 0 Å². The van der Waals surface area contributed by atoms with Crippen LogP contribution in [0.3, 0.4) is 0 Å². The van der Waals surface area contributed by atoms with Gasteiger partial charge in [-0.25, -0.2) is 0 Å². The van der Waals surface area contributed by atoms with Gasteiger partial charge in [0.25, 0.3) is 0 Å². The molecule has 0 bridgehead atoms. The zero-order valence-electron chi connectivity index (χ0n) is 12.1. The summed E-state index contributed by atoms with van der Waals surface area (Å²) in [6, 6.07) is 5.88. The van der Waals surface area contributed by atoms with Crippen LogP contribution in [0.1, 0.15) is 44.2 Å². The van der Waals surface area contributed by atoms with Crippen LogP contribution in [0.15, 0.2) is 18.2 Å². The quantitative estimate of drug-likeness (QED) is 0.645. The molecule has 0 amide bonds. The molecule has 3 heteroatoms. The first-order chi connectivity index (χ1) is 8.95. The molecule has 1 saturated carbocycles. The summed E-state index contributed by atoms with van der Waals surface area (Å²) in [5, 5.41) is 7.67. The Morgan fingerprint density at radius 3 is 2.42 bits per heavy atom. The van der Waals surface area contributed by atoms with Gasteiger partial charge in [0.2, 0.25) is 0 Å². The first kappa shape index (κ1) is 13.9. The van der Waals surface area contributed by atoms with E-state index in [0.29, 0.717) is 17.4 Å². The Labute approximate surface area is 115 Å². The maximum absolute atomic E-state index is 7.67. The van der Waals surface area contributed by atoms with Crippen molar-refractivity contribution in [1.82, 2.24) is 0 Å². The van der Waals surface area contributed by atoms with Gasteiger partial charge in [0.05, 0.1) is 11.7 Å². The molecule has 1 fully saturated rings. The van der Waals surface area contributed by atoms with E-state index in [1.807, 2.05) is 25.1 Å². The van der Waals surface area contributed by atoms with Crippen LogP contribution in [0.2, 0.25) is 0 Å². The molecule has 1 aromatic rings. The predicted molar refractivity (Wildman–Crippen MR) is 78.8 cm³/mol. The Balaban J connectivity index is 2.16. The molecule has 0 saturated heterocycles. The number of hydrogen-bond acceptors (Lipinski definition) is 2. The van der Waals surface area contributed by atoms with Crippen LogP contribution in [0.4, 0.5) is 0 Å². The maximum atomic E-state index is 7.67. The van der Waals surface area contributed by atoms with E-state index in [2.05, 4.69) is 13.8 Å². The summed E-state index contributed by atoms with van der Waals surface area (Å²) in [6.45, 7) is 6.57. The number of nitrogens with two attached hydrogens (primary N) is 1. The average Bonchev–Trinajstić information content (AvgIpc) is 2.30. The monoisotopic (exact) mass is 260 g/mol. The summed E-state index contributed by atoms with van der Waals surface area (Å²) in [5.74, 6) is 2.25. The first-order valence-electron chi connectivity index (χ1n) is 7.07. The fourth-order valence-electron chi connectivity index (χ4n) is 3.11. The molecule has 2 rings (SSSR count).